The van der Waals surface area contributed by atoms with Crippen molar-refractivity contribution in [2.24, 2.45) is 0 Å². The first-order valence-electron chi connectivity index (χ1n) is 7.82. The summed E-state index contributed by atoms with van der Waals surface area (Å²) in [5.41, 5.74) is 0.993. The topological polar surface area (TPSA) is 76.7 Å². The van der Waals surface area contributed by atoms with Crippen molar-refractivity contribution < 1.29 is 19.1 Å². The average molecular weight is 409 g/mol. The minimum Gasteiger partial charge on any atom is -0.493 e. The van der Waals surface area contributed by atoms with E-state index in [0.717, 1.165) is 0 Å². The van der Waals surface area contributed by atoms with E-state index in [1.807, 2.05) is 0 Å². The molecule has 2 aromatic rings. The molecule has 0 aliphatic heterocycles. The molecule has 0 radical (unpaired) electrons. The summed E-state index contributed by atoms with van der Waals surface area (Å²) in [4.78, 5) is 24.2. The number of anilines is 1. The van der Waals surface area contributed by atoms with Gasteiger partial charge in [-0.3, -0.25) is 9.59 Å². The number of ether oxygens (including phenoxy) is 2. The van der Waals surface area contributed by atoms with Crippen molar-refractivity contribution in [2.45, 2.75) is 6.92 Å². The van der Waals surface area contributed by atoms with Gasteiger partial charge in [-0.1, -0.05) is 35.3 Å². The Kier molecular flexibility index (Phi) is 7.10. The highest BCUT2D eigenvalue weighted by atomic mass is 35.5. The molecular weight excluding hydrogens is 391 g/mol. The number of methoxy groups -OCH3 is 2. The van der Waals surface area contributed by atoms with Gasteiger partial charge in [-0.15, -0.1) is 0 Å². The highest BCUT2D eigenvalue weighted by Gasteiger charge is 2.15. The number of rotatable bonds is 6. The van der Waals surface area contributed by atoms with Crippen LogP contribution in [0.2, 0.25) is 10.0 Å². The van der Waals surface area contributed by atoms with Crippen LogP contribution in [0.4, 0.5) is 5.69 Å². The molecule has 0 fully saturated rings. The molecule has 0 aliphatic carbocycles. The molecule has 0 saturated heterocycles. The number of halogens is 2. The molecular formula is C19H18Cl2N2O4. The molecule has 2 rings (SSSR count). The molecule has 0 bridgehead atoms. The molecule has 8 heteroatoms. The zero-order valence-corrected chi connectivity index (χ0v) is 16.4. The zero-order chi connectivity index (χ0) is 20.0. The van der Waals surface area contributed by atoms with E-state index in [1.165, 1.54) is 27.2 Å². The van der Waals surface area contributed by atoms with Gasteiger partial charge in [0.05, 0.1) is 30.0 Å². The standard InChI is InChI=1S/C19H18Cl2N2O4/c1-11(24)22-15(9-12-7-8-16(26-2)17(10-12)27-3)19(25)23-14-6-4-5-13(20)18(14)21/h4-10H,1-3H3,(H,22,24)(H,23,25)/b15-9+. The molecule has 2 N–H and O–H groups in total. The summed E-state index contributed by atoms with van der Waals surface area (Å²) in [5.74, 6) is 0.0934. The van der Waals surface area contributed by atoms with Crippen molar-refractivity contribution in [1.29, 1.82) is 0 Å². The van der Waals surface area contributed by atoms with Crippen LogP contribution in [0.25, 0.3) is 6.08 Å². The fraction of sp³-hybridized carbons (Fsp3) is 0.158. The third kappa shape index (κ3) is 5.39. The largest absolute Gasteiger partial charge is 0.493 e. The maximum Gasteiger partial charge on any atom is 0.272 e. The number of carbonyl (C=O) groups is 2. The second-order valence-corrected chi connectivity index (χ2v) is 6.19. The van der Waals surface area contributed by atoms with Crippen molar-refractivity contribution in [1.82, 2.24) is 5.32 Å². The van der Waals surface area contributed by atoms with Crippen LogP contribution in [-0.2, 0) is 9.59 Å². The zero-order valence-electron chi connectivity index (χ0n) is 14.9. The molecule has 0 atom stereocenters. The van der Waals surface area contributed by atoms with Crippen LogP contribution in [0.3, 0.4) is 0 Å². The van der Waals surface area contributed by atoms with E-state index in [2.05, 4.69) is 10.6 Å². The Hall–Kier alpha value is -2.70. The number of benzene rings is 2. The van der Waals surface area contributed by atoms with Gasteiger partial charge in [-0.2, -0.15) is 0 Å². The molecule has 0 spiro atoms. The summed E-state index contributed by atoms with van der Waals surface area (Å²) < 4.78 is 10.4. The van der Waals surface area contributed by atoms with Gasteiger partial charge in [0.25, 0.3) is 5.91 Å². The smallest absolute Gasteiger partial charge is 0.272 e. The van der Waals surface area contributed by atoms with Crippen LogP contribution < -0.4 is 20.1 Å². The summed E-state index contributed by atoms with van der Waals surface area (Å²) in [5, 5.41) is 5.66. The van der Waals surface area contributed by atoms with E-state index >= 15 is 0 Å². The number of amides is 2. The lowest BCUT2D eigenvalue weighted by molar-refractivity contribution is -0.120. The first-order chi connectivity index (χ1) is 12.8. The molecule has 0 heterocycles. The van der Waals surface area contributed by atoms with E-state index in [9.17, 15) is 9.59 Å². The normalized spacial score (nSPS) is 10.9. The van der Waals surface area contributed by atoms with Gasteiger partial charge in [-0.05, 0) is 35.9 Å². The Balaban J connectivity index is 2.36. The van der Waals surface area contributed by atoms with Crippen LogP contribution in [0, 0.1) is 0 Å². The molecule has 6 nitrogen and oxygen atoms in total. The second kappa shape index (κ2) is 9.30. The third-order valence-corrected chi connectivity index (χ3v) is 4.29. The predicted octanol–water partition coefficient (Wildman–Crippen LogP) is 4.13. The molecule has 2 aromatic carbocycles. The molecule has 0 saturated carbocycles. The maximum atomic E-state index is 12.6. The minimum absolute atomic E-state index is 0.0331. The van der Waals surface area contributed by atoms with Crippen LogP contribution in [-0.4, -0.2) is 26.0 Å². The fourth-order valence-electron chi connectivity index (χ4n) is 2.25. The highest BCUT2D eigenvalue weighted by Crippen LogP contribution is 2.30. The van der Waals surface area contributed by atoms with E-state index < -0.39 is 11.8 Å². The highest BCUT2D eigenvalue weighted by molar-refractivity contribution is 6.44. The van der Waals surface area contributed by atoms with E-state index in [4.69, 9.17) is 32.7 Å². The monoisotopic (exact) mass is 408 g/mol. The van der Waals surface area contributed by atoms with Crippen molar-refractivity contribution in [3.8, 4) is 11.5 Å². The Bertz CT molecular complexity index is 897. The van der Waals surface area contributed by atoms with E-state index in [-0.39, 0.29) is 10.7 Å². The lowest BCUT2D eigenvalue weighted by Crippen LogP contribution is -2.29. The van der Waals surface area contributed by atoms with Crippen molar-refractivity contribution in [2.75, 3.05) is 19.5 Å². The van der Waals surface area contributed by atoms with Crippen LogP contribution in [0.5, 0.6) is 11.5 Å². The molecule has 142 valence electrons. The Morgan fingerprint density at radius 3 is 2.37 bits per heavy atom. The lowest BCUT2D eigenvalue weighted by atomic mass is 10.1. The van der Waals surface area contributed by atoms with Gasteiger partial charge in [0.15, 0.2) is 11.5 Å². The van der Waals surface area contributed by atoms with Crippen LogP contribution in [0.1, 0.15) is 12.5 Å². The molecule has 0 aliphatic rings. The van der Waals surface area contributed by atoms with E-state index in [0.29, 0.717) is 27.8 Å². The first kappa shape index (κ1) is 20.6. The quantitative estimate of drug-likeness (QED) is 0.704. The van der Waals surface area contributed by atoms with Gasteiger partial charge in [0.1, 0.15) is 5.70 Å². The average Bonchev–Trinajstić information content (AvgIpc) is 2.64. The predicted molar refractivity (Wildman–Crippen MR) is 106 cm³/mol. The van der Waals surface area contributed by atoms with E-state index in [1.54, 1.807) is 36.4 Å². The summed E-state index contributed by atoms with van der Waals surface area (Å²) in [6, 6.07) is 9.96. The van der Waals surface area contributed by atoms with Crippen molar-refractivity contribution in [3.05, 3.63) is 57.7 Å². The van der Waals surface area contributed by atoms with Crippen LogP contribution in [0.15, 0.2) is 42.1 Å². The van der Waals surface area contributed by atoms with Crippen molar-refractivity contribution >= 4 is 46.8 Å². The number of nitrogens with one attached hydrogen (secondary N) is 2. The van der Waals surface area contributed by atoms with Crippen LogP contribution >= 0.6 is 23.2 Å². The van der Waals surface area contributed by atoms with Gasteiger partial charge in [0, 0.05) is 6.92 Å². The fourth-order valence-corrected chi connectivity index (χ4v) is 2.60. The summed E-state index contributed by atoms with van der Waals surface area (Å²) in [6.07, 6.45) is 1.51. The van der Waals surface area contributed by atoms with Crippen molar-refractivity contribution in [3.63, 3.8) is 0 Å². The van der Waals surface area contributed by atoms with Gasteiger partial charge >= 0.3 is 0 Å². The maximum absolute atomic E-state index is 12.6. The molecule has 2 amide bonds. The van der Waals surface area contributed by atoms with Gasteiger partial charge in [-0.25, -0.2) is 0 Å². The third-order valence-electron chi connectivity index (χ3n) is 3.47. The summed E-state index contributed by atoms with van der Waals surface area (Å²) in [6.45, 7) is 1.31. The molecule has 0 unspecified atom stereocenters. The number of carbonyl (C=O) groups excluding carboxylic acids is 2. The SMILES string of the molecule is COc1ccc(/C=C(/NC(C)=O)C(=O)Nc2cccc(Cl)c2Cl)cc1OC. The van der Waals surface area contributed by atoms with Gasteiger partial charge < -0.3 is 20.1 Å². The Labute approximate surface area is 167 Å². The second-order valence-electron chi connectivity index (χ2n) is 5.41. The first-order valence-corrected chi connectivity index (χ1v) is 8.58. The minimum atomic E-state index is -0.552. The number of hydrogen-bond acceptors (Lipinski definition) is 4. The summed E-state index contributed by atoms with van der Waals surface area (Å²) >= 11 is 12.1. The number of hydrogen-bond donors (Lipinski definition) is 2. The Morgan fingerprint density at radius 1 is 1.04 bits per heavy atom. The van der Waals surface area contributed by atoms with Gasteiger partial charge in [0.2, 0.25) is 5.91 Å². The Morgan fingerprint density at radius 2 is 1.74 bits per heavy atom. The lowest BCUT2D eigenvalue weighted by Gasteiger charge is -2.12. The molecule has 0 aromatic heterocycles. The summed E-state index contributed by atoms with van der Waals surface area (Å²) in [7, 11) is 3.03. The molecule has 27 heavy (non-hydrogen) atoms.